The summed E-state index contributed by atoms with van der Waals surface area (Å²) in [5.41, 5.74) is 0.898. The molecule has 0 unspecified atom stereocenters. The highest BCUT2D eigenvalue weighted by Crippen LogP contribution is 2.25. The maximum absolute atomic E-state index is 11.9. The molecule has 1 aromatic carbocycles. The van der Waals surface area contributed by atoms with Gasteiger partial charge in [-0.1, -0.05) is 32.9 Å². The van der Waals surface area contributed by atoms with Crippen LogP contribution in [0.4, 0.5) is 0 Å². The van der Waals surface area contributed by atoms with E-state index in [2.05, 4.69) is 0 Å². The smallest absolute Gasteiger partial charge is 0.264 e. The minimum Gasteiger partial charge on any atom is -0.264 e. The van der Waals surface area contributed by atoms with E-state index in [-0.39, 0.29) is 16.4 Å². The first-order valence-electron chi connectivity index (χ1n) is 5.67. The topological polar surface area (TPSA) is 43.4 Å². The Morgan fingerprint density at radius 2 is 1.76 bits per heavy atom. The minimum atomic E-state index is -3.64. The first kappa shape index (κ1) is 14.2. The number of hydrogen-bond donors (Lipinski definition) is 0. The number of benzene rings is 1. The Hall–Kier alpha value is -0.870. The summed E-state index contributed by atoms with van der Waals surface area (Å²) < 4.78 is 28.8. The fourth-order valence-electron chi connectivity index (χ4n) is 1.43. The summed E-state index contributed by atoms with van der Waals surface area (Å²) in [6.45, 7) is 9.53. The van der Waals surface area contributed by atoms with Crippen molar-refractivity contribution in [2.24, 2.45) is 0 Å². The minimum absolute atomic E-state index is 0.0800. The Morgan fingerprint density at radius 3 is 2.24 bits per heavy atom. The molecule has 0 aromatic heterocycles. The zero-order chi connectivity index (χ0) is 13.3. The van der Waals surface area contributed by atoms with Gasteiger partial charge in [-0.15, -0.1) is 0 Å². The first-order chi connectivity index (χ1) is 7.63. The molecule has 1 aromatic rings. The molecular weight excluding hydrogens is 236 g/mol. The van der Waals surface area contributed by atoms with Crippen molar-refractivity contribution in [3.63, 3.8) is 0 Å². The second-order valence-electron chi connectivity index (χ2n) is 5.38. The van der Waals surface area contributed by atoms with Gasteiger partial charge in [-0.2, -0.15) is 8.42 Å². The molecule has 0 aliphatic heterocycles. The summed E-state index contributed by atoms with van der Waals surface area (Å²) in [5.74, 6) is 0. The Labute approximate surface area is 104 Å². The molecule has 0 aliphatic carbocycles. The summed E-state index contributed by atoms with van der Waals surface area (Å²) in [6.07, 6.45) is -0.349. The summed E-state index contributed by atoms with van der Waals surface area (Å²) in [5, 5.41) is 0. The van der Waals surface area contributed by atoms with Gasteiger partial charge in [0.1, 0.15) is 0 Å². The lowest BCUT2D eigenvalue weighted by Crippen LogP contribution is -2.15. The van der Waals surface area contributed by atoms with E-state index in [1.54, 1.807) is 32.0 Å². The van der Waals surface area contributed by atoms with Crippen LogP contribution in [0.2, 0.25) is 0 Å². The zero-order valence-electron chi connectivity index (χ0n) is 11.0. The zero-order valence-corrected chi connectivity index (χ0v) is 11.8. The molecule has 0 N–H and O–H groups in total. The third-order valence-corrected chi connectivity index (χ3v) is 3.78. The van der Waals surface area contributed by atoms with Crippen molar-refractivity contribution in [2.45, 2.75) is 51.0 Å². The quantitative estimate of drug-likeness (QED) is 0.780. The maximum Gasteiger partial charge on any atom is 0.297 e. The van der Waals surface area contributed by atoms with Crippen molar-refractivity contribution in [2.75, 3.05) is 0 Å². The highest BCUT2D eigenvalue weighted by atomic mass is 32.2. The Bertz CT molecular complexity index is 482. The SMILES string of the molecule is CC(C)OS(=O)(=O)c1cccc(C(C)(C)C)c1. The van der Waals surface area contributed by atoms with Crippen molar-refractivity contribution in [3.8, 4) is 0 Å². The van der Waals surface area contributed by atoms with Gasteiger partial charge in [0, 0.05) is 0 Å². The van der Waals surface area contributed by atoms with E-state index in [9.17, 15) is 8.42 Å². The molecule has 0 amide bonds. The van der Waals surface area contributed by atoms with Gasteiger partial charge < -0.3 is 0 Å². The fourth-order valence-corrected chi connectivity index (χ4v) is 2.56. The molecule has 0 atom stereocenters. The standard InChI is InChI=1S/C13H20O3S/c1-10(2)16-17(14,15)12-8-6-7-11(9-12)13(3,4)5/h6-10H,1-5H3. The molecule has 0 bridgehead atoms. The lowest BCUT2D eigenvalue weighted by atomic mass is 9.87. The summed E-state index contributed by atoms with van der Waals surface area (Å²) in [7, 11) is -3.64. The first-order valence-corrected chi connectivity index (χ1v) is 7.07. The molecule has 4 heteroatoms. The van der Waals surface area contributed by atoms with Crippen LogP contribution in [0.1, 0.15) is 40.2 Å². The lowest BCUT2D eigenvalue weighted by molar-refractivity contribution is 0.249. The molecule has 0 heterocycles. The number of rotatable bonds is 3. The van der Waals surface area contributed by atoms with Gasteiger partial charge in [-0.05, 0) is 37.0 Å². The molecule has 0 aliphatic rings. The van der Waals surface area contributed by atoms with Crippen LogP contribution >= 0.6 is 0 Å². The van der Waals surface area contributed by atoms with Crippen LogP contribution in [0.25, 0.3) is 0 Å². The normalized spacial score (nSPS) is 13.1. The molecule has 96 valence electrons. The average molecular weight is 256 g/mol. The summed E-state index contributed by atoms with van der Waals surface area (Å²) >= 11 is 0. The van der Waals surface area contributed by atoms with E-state index in [0.29, 0.717) is 0 Å². The van der Waals surface area contributed by atoms with Crippen LogP contribution in [0.3, 0.4) is 0 Å². The molecule has 0 saturated carbocycles. The van der Waals surface area contributed by atoms with E-state index < -0.39 is 10.1 Å². The van der Waals surface area contributed by atoms with E-state index in [4.69, 9.17) is 4.18 Å². The molecule has 3 nitrogen and oxygen atoms in total. The predicted molar refractivity (Wildman–Crippen MR) is 68.5 cm³/mol. The van der Waals surface area contributed by atoms with Crippen molar-refractivity contribution in [1.29, 1.82) is 0 Å². The molecule has 0 saturated heterocycles. The molecule has 0 fully saturated rings. The van der Waals surface area contributed by atoms with Crippen LogP contribution in [0, 0.1) is 0 Å². The van der Waals surface area contributed by atoms with Gasteiger partial charge in [0.2, 0.25) is 0 Å². The second kappa shape index (κ2) is 4.78. The summed E-state index contributed by atoms with van der Waals surface area (Å²) in [6, 6.07) is 6.91. The third kappa shape index (κ3) is 3.82. The van der Waals surface area contributed by atoms with Crippen LogP contribution < -0.4 is 0 Å². The molecular formula is C13H20O3S. The number of hydrogen-bond acceptors (Lipinski definition) is 3. The van der Waals surface area contributed by atoms with Crippen LogP contribution in [0.5, 0.6) is 0 Å². The van der Waals surface area contributed by atoms with Crippen LogP contribution in [0.15, 0.2) is 29.2 Å². The van der Waals surface area contributed by atoms with Gasteiger partial charge in [0.05, 0.1) is 11.0 Å². The predicted octanol–water partition coefficient (Wildman–Crippen LogP) is 3.10. The Balaban J connectivity index is 3.17. The highest BCUT2D eigenvalue weighted by Gasteiger charge is 2.20. The highest BCUT2D eigenvalue weighted by molar-refractivity contribution is 7.86. The van der Waals surface area contributed by atoms with E-state index in [1.807, 2.05) is 26.8 Å². The Morgan fingerprint density at radius 1 is 1.18 bits per heavy atom. The Kier molecular flexibility index (Phi) is 3.99. The van der Waals surface area contributed by atoms with E-state index in [0.717, 1.165) is 5.56 Å². The average Bonchev–Trinajstić information content (AvgIpc) is 2.14. The van der Waals surface area contributed by atoms with E-state index in [1.165, 1.54) is 0 Å². The van der Waals surface area contributed by atoms with Crippen LogP contribution in [-0.4, -0.2) is 14.5 Å². The van der Waals surface area contributed by atoms with E-state index >= 15 is 0 Å². The van der Waals surface area contributed by atoms with Gasteiger partial charge >= 0.3 is 0 Å². The van der Waals surface area contributed by atoms with Gasteiger partial charge in [-0.25, -0.2) is 0 Å². The van der Waals surface area contributed by atoms with Gasteiger partial charge in [-0.3, -0.25) is 4.18 Å². The molecule has 0 spiro atoms. The van der Waals surface area contributed by atoms with Gasteiger partial charge in [0.25, 0.3) is 10.1 Å². The van der Waals surface area contributed by atoms with Crippen molar-refractivity contribution >= 4 is 10.1 Å². The lowest BCUT2D eigenvalue weighted by Gasteiger charge is -2.19. The van der Waals surface area contributed by atoms with Gasteiger partial charge in [0.15, 0.2) is 0 Å². The van der Waals surface area contributed by atoms with Crippen molar-refractivity contribution in [3.05, 3.63) is 29.8 Å². The summed E-state index contributed by atoms with van der Waals surface area (Å²) in [4.78, 5) is 0.221. The fraction of sp³-hybridized carbons (Fsp3) is 0.538. The monoisotopic (exact) mass is 256 g/mol. The third-order valence-electron chi connectivity index (χ3n) is 2.31. The van der Waals surface area contributed by atoms with Crippen molar-refractivity contribution < 1.29 is 12.6 Å². The van der Waals surface area contributed by atoms with Crippen molar-refractivity contribution in [1.82, 2.24) is 0 Å². The molecule has 17 heavy (non-hydrogen) atoms. The second-order valence-corrected chi connectivity index (χ2v) is 6.95. The maximum atomic E-state index is 11.9. The van der Waals surface area contributed by atoms with Crippen LogP contribution in [-0.2, 0) is 19.7 Å². The molecule has 1 rings (SSSR count). The molecule has 0 radical (unpaired) electrons. The largest absolute Gasteiger partial charge is 0.297 e.